The zero-order valence-corrected chi connectivity index (χ0v) is 13.8. The van der Waals surface area contributed by atoms with Gasteiger partial charge in [0.05, 0.1) is 15.8 Å². The summed E-state index contributed by atoms with van der Waals surface area (Å²) in [6.07, 6.45) is 3.10. The molecule has 0 unspecified atom stereocenters. The fraction of sp³-hybridized carbons (Fsp3) is 0.357. The minimum Gasteiger partial charge on any atom is -0.191 e. The maximum atomic E-state index is 6.09. The van der Waals surface area contributed by atoms with Crippen LogP contribution in [0.1, 0.15) is 31.2 Å². The van der Waals surface area contributed by atoms with Crippen LogP contribution in [-0.2, 0) is 6.42 Å². The molecule has 7 heteroatoms. The van der Waals surface area contributed by atoms with Crippen molar-refractivity contribution in [3.63, 3.8) is 0 Å². The molecule has 1 aromatic carbocycles. The van der Waals surface area contributed by atoms with Crippen molar-refractivity contribution in [3.8, 4) is 0 Å². The molecule has 0 atom stereocenters. The Balaban J connectivity index is 1.94. The van der Waals surface area contributed by atoms with Crippen molar-refractivity contribution in [1.29, 1.82) is 0 Å². The van der Waals surface area contributed by atoms with Crippen LogP contribution in [0.4, 0.5) is 0 Å². The van der Waals surface area contributed by atoms with Crippen molar-refractivity contribution in [3.05, 3.63) is 39.6 Å². The second-order valence-corrected chi connectivity index (χ2v) is 6.54. The first-order valence-corrected chi connectivity index (χ1v) is 8.53. The van der Waals surface area contributed by atoms with Gasteiger partial charge in [0.15, 0.2) is 5.82 Å². The Morgan fingerprint density at radius 2 is 2.10 bits per heavy atom. The van der Waals surface area contributed by atoms with Crippen LogP contribution in [0.2, 0.25) is 10.0 Å². The van der Waals surface area contributed by atoms with E-state index < -0.39 is 0 Å². The van der Waals surface area contributed by atoms with E-state index in [1.165, 1.54) is 0 Å². The van der Waals surface area contributed by atoms with E-state index in [0.29, 0.717) is 10.0 Å². The molecule has 0 saturated heterocycles. The van der Waals surface area contributed by atoms with Crippen LogP contribution in [0, 0.1) is 0 Å². The summed E-state index contributed by atoms with van der Waals surface area (Å²) in [6, 6.07) is 5.59. The molecule has 1 aliphatic heterocycles. The number of aromatic nitrogens is 3. The lowest BCUT2D eigenvalue weighted by Gasteiger charge is -2.14. The minimum atomic E-state index is 0.544. The quantitative estimate of drug-likeness (QED) is 0.833. The first kappa shape index (κ1) is 14.9. The molecule has 2 heterocycles. The number of hydrogen-bond donors (Lipinski definition) is 0. The summed E-state index contributed by atoms with van der Waals surface area (Å²) in [5.74, 6) is 1.67. The minimum absolute atomic E-state index is 0.544. The summed E-state index contributed by atoms with van der Waals surface area (Å²) in [5, 5.41) is 15.1. The van der Waals surface area contributed by atoms with Gasteiger partial charge in [-0.1, -0.05) is 54.4 Å². The van der Waals surface area contributed by atoms with Crippen molar-refractivity contribution in [1.82, 2.24) is 14.9 Å². The van der Waals surface area contributed by atoms with E-state index in [1.807, 2.05) is 16.8 Å². The number of benzene rings is 1. The molecule has 0 bridgehead atoms. The smallest absolute Gasteiger partial charge is 0.191 e. The van der Waals surface area contributed by atoms with Gasteiger partial charge in [-0.3, -0.25) is 0 Å². The highest BCUT2D eigenvalue weighted by Crippen LogP contribution is 2.27. The average Bonchev–Trinajstić information content (AvgIpc) is 2.90. The normalized spacial score (nSPS) is 14.0. The molecule has 0 saturated carbocycles. The van der Waals surface area contributed by atoms with Crippen molar-refractivity contribution >= 4 is 40.7 Å². The highest BCUT2D eigenvalue weighted by molar-refractivity contribution is 7.99. The van der Waals surface area contributed by atoms with E-state index in [4.69, 9.17) is 23.2 Å². The first-order chi connectivity index (χ1) is 10.2. The van der Waals surface area contributed by atoms with Gasteiger partial charge in [0, 0.05) is 17.7 Å². The number of fused-ring (bicyclic) bond motifs is 1. The Kier molecular flexibility index (Phi) is 4.52. The second kappa shape index (κ2) is 6.38. The topological polar surface area (TPSA) is 43.1 Å². The Morgan fingerprint density at radius 1 is 1.24 bits per heavy atom. The zero-order chi connectivity index (χ0) is 14.8. The number of aryl methyl sites for hydroxylation is 1. The van der Waals surface area contributed by atoms with Crippen LogP contribution < -0.4 is 0 Å². The highest BCUT2D eigenvalue weighted by Gasteiger charge is 2.19. The van der Waals surface area contributed by atoms with E-state index in [2.05, 4.69) is 22.2 Å². The predicted molar refractivity (Wildman–Crippen MR) is 87.8 cm³/mol. The molecule has 21 heavy (non-hydrogen) atoms. The van der Waals surface area contributed by atoms with Crippen molar-refractivity contribution < 1.29 is 0 Å². The fourth-order valence-electron chi connectivity index (χ4n) is 2.08. The molecule has 0 radical (unpaired) electrons. The largest absolute Gasteiger partial charge is 0.212 e. The number of unbranched alkanes of at least 4 members (excludes halogenated alkanes) is 1. The molecule has 110 valence electrons. The van der Waals surface area contributed by atoms with Gasteiger partial charge in [-0.2, -0.15) is 9.78 Å². The van der Waals surface area contributed by atoms with E-state index in [9.17, 15) is 0 Å². The number of rotatable bonds is 4. The third kappa shape index (κ3) is 3.10. The van der Waals surface area contributed by atoms with E-state index in [1.54, 1.807) is 17.8 Å². The van der Waals surface area contributed by atoms with E-state index in [-0.39, 0.29) is 0 Å². The van der Waals surface area contributed by atoms with Crippen molar-refractivity contribution in [2.45, 2.75) is 31.3 Å². The second-order valence-electron chi connectivity index (χ2n) is 4.78. The molecular formula is C14H14Cl2N4S. The van der Waals surface area contributed by atoms with Crippen molar-refractivity contribution in [2.24, 2.45) is 5.10 Å². The molecule has 0 aliphatic carbocycles. The lowest BCUT2D eigenvalue weighted by molar-refractivity contribution is 0.671. The molecule has 0 N–H and O–H groups in total. The molecular weight excluding hydrogens is 327 g/mol. The predicted octanol–water partition coefficient (Wildman–Crippen LogP) is 4.29. The SMILES string of the molecule is CCCCc1nnc2n1N=C(c1ccc(Cl)c(Cl)c1)CS2. The van der Waals surface area contributed by atoms with Gasteiger partial charge >= 0.3 is 0 Å². The maximum Gasteiger partial charge on any atom is 0.212 e. The Bertz CT molecular complexity index is 696. The molecule has 0 fully saturated rings. The summed E-state index contributed by atoms with van der Waals surface area (Å²) in [4.78, 5) is 0. The lowest BCUT2D eigenvalue weighted by Crippen LogP contribution is -2.14. The van der Waals surface area contributed by atoms with Crippen LogP contribution >= 0.6 is 35.0 Å². The third-order valence-electron chi connectivity index (χ3n) is 3.24. The van der Waals surface area contributed by atoms with Gasteiger partial charge in [0.25, 0.3) is 0 Å². The Morgan fingerprint density at radius 3 is 2.86 bits per heavy atom. The number of hydrogen-bond acceptors (Lipinski definition) is 4. The van der Waals surface area contributed by atoms with Crippen LogP contribution in [-0.4, -0.2) is 26.3 Å². The Hall–Kier alpha value is -1.04. The van der Waals surface area contributed by atoms with Crippen molar-refractivity contribution in [2.75, 3.05) is 5.75 Å². The Labute approximate surface area is 137 Å². The molecule has 3 rings (SSSR count). The van der Waals surface area contributed by atoms with Crippen LogP contribution in [0.3, 0.4) is 0 Å². The molecule has 1 aromatic heterocycles. The average molecular weight is 341 g/mol. The summed E-state index contributed by atoms with van der Waals surface area (Å²) in [6.45, 7) is 2.16. The van der Waals surface area contributed by atoms with Gasteiger partial charge in [0.2, 0.25) is 5.16 Å². The monoisotopic (exact) mass is 340 g/mol. The van der Waals surface area contributed by atoms with Gasteiger partial charge in [-0.15, -0.1) is 10.2 Å². The lowest BCUT2D eigenvalue weighted by atomic mass is 10.1. The maximum absolute atomic E-state index is 6.09. The number of nitrogens with zero attached hydrogens (tertiary/aromatic N) is 4. The molecule has 0 spiro atoms. The third-order valence-corrected chi connectivity index (χ3v) is 4.91. The molecule has 4 nitrogen and oxygen atoms in total. The molecule has 1 aliphatic rings. The summed E-state index contributed by atoms with van der Waals surface area (Å²) >= 11 is 13.7. The summed E-state index contributed by atoms with van der Waals surface area (Å²) in [5.41, 5.74) is 1.95. The van der Waals surface area contributed by atoms with Gasteiger partial charge in [0.1, 0.15) is 0 Å². The van der Waals surface area contributed by atoms with E-state index >= 15 is 0 Å². The number of thioether (sulfide) groups is 1. The van der Waals surface area contributed by atoms with Gasteiger partial charge < -0.3 is 0 Å². The summed E-state index contributed by atoms with van der Waals surface area (Å²) in [7, 11) is 0. The van der Waals surface area contributed by atoms with E-state index in [0.717, 1.165) is 47.3 Å². The first-order valence-electron chi connectivity index (χ1n) is 6.79. The zero-order valence-electron chi connectivity index (χ0n) is 11.5. The molecule has 2 aromatic rings. The van der Waals surface area contributed by atoms with Crippen LogP contribution in [0.25, 0.3) is 0 Å². The standard InChI is InChI=1S/C14H14Cl2N4S/c1-2-3-4-13-17-18-14-20(13)19-12(8-21-14)9-5-6-10(15)11(16)7-9/h5-7H,2-4,8H2,1H3. The van der Waals surface area contributed by atoms with Gasteiger partial charge in [-0.05, 0) is 18.6 Å². The fourth-order valence-corrected chi connectivity index (χ4v) is 3.23. The summed E-state index contributed by atoms with van der Waals surface area (Å²) < 4.78 is 1.85. The van der Waals surface area contributed by atoms with Crippen LogP contribution in [0.15, 0.2) is 28.5 Å². The molecule has 0 amide bonds. The number of halogens is 2. The highest BCUT2D eigenvalue weighted by atomic mass is 35.5. The van der Waals surface area contributed by atoms with Crippen LogP contribution in [0.5, 0.6) is 0 Å². The van der Waals surface area contributed by atoms with Gasteiger partial charge in [-0.25, -0.2) is 0 Å².